The molecule has 1 aliphatic rings. The van der Waals surface area contributed by atoms with Crippen LogP contribution in [-0.4, -0.2) is 64.6 Å². The Labute approximate surface area is 228 Å². The summed E-state index contributed by atoms with van der Waals surface area (Å²) in [5, 5.41) is 3.49. The van der Waals surface area contributed by atoms with Crippen LogP contribution in [0.5, 0.6) is 0 Å². The van der Waals surface area contributed by atoms with Crippen molar-refractivity contribution >= 4 is 21.5 Å². The van der Waals surface area contributed by atoms with E-state index in [4.69, 9.17) is 5.73 Å². The van der Waals surface area contributed by atoms with E-state index in [1.807, 2.05) is 6.07 Å². The molecule has 0 bridgehead atoms. The Kier molecular flexibility index (Phi) is 9.60. The molecule has 0 amide bonds. The monoisotopic (exact) mass is 545 g/mol. The Bertz CT molecular complexity index is 1220. The molecule has 1 aliphatic heterocycles. The van der Waals surface area contributed by atoms with E-state index in [9.17, 15) is 12.8 Å². The number of hydrogen-bond donors (Lipinski definition) is 2. The zero-order valence-electron chi connectivity index (χ0n) is 23.7. The van der Waals surface area contributed by atoms with Crippen molar-refractivity contribution in [1.82, 2.24) is 9.62 Å². The van der Waals surface area contributed by atoms with Crippen molar-refractivity contribution in [3.8, 4) is 0 Å². The van der Waals surface area contributed by atoms with Crippen molar-refractivity contribution in [3.05, 3.63) is 65.5 Å². The van der Waals surface area contributed by atoms with Gasteiger partial charge in [0, 0.05) is 50.9 Å². The highest BCUT2D eigenvalue weighted by atomic mass is 32.2. The number of piperazine rings is 1. The Balaban J connectivity index is 1.78. The van der Waals surface area contributed by atoms with E-state index in [-0.39, 0.29) is 22.7 Å². The number of aliphatic imine (C=N–C) groups is 1. The largest absolute Gasteiger partial charge is 0.369 e. The summed E-state index contributed by atoms with van der Waals surface area (Å²) >= 11 is 0. The number of hydrogen-bond acceptors (Lipinski definition) is 5. The molecule has 0 aliphatic carbocycles. The summed E-state index contributed by atoms with van der Waals surface area (Å²) in [5.74, 6) is 0.570. The van der Waals surface area contributed by atoms with Crippen LogP contribution in [0.3, 0.4) is 0 Å². The number of amidine groups is 1. The number of rotatable bonds is 10. The number of nitrogens with two attached hydrogens (primary N) is 1. The Morgan fingerprint density at radius 3 is 2.32 bits per heavy atom. The minimum atomic E-state index is -3.17. The summed E-state index contributed by atoms with van der Waals surface area (Å²) in [7, 11) is -1.40. The highest BCUT2D eigenvalue weighted by Crippen LogP contribution is 2.45. The topological polar surface area (TPSA) is 91.0 Å². The maximum absolute atomic E-state index is 14.6. The second-order valence-electron chi connectivity index (χ2n) is 11.4. The van der Waals surface area contributed by atoms with Gasteiger partial charge in [0.25, 0.3) is 0 Å². The minimum Gasteiger partial charge on any atom is -0.369 e. The first-order valence-corrected chi connectivity index (χ1v) is 15.1. The van der Waals surface area contributed by atoms with Crippen LogP contribution >= 0.6 is 0 Å². The smallest absolute Gasteiger partial charge is 0.211 e. The van der Waals surface area contributed by atoms with E-state index < -0.39 is 10.0 Å². The van der Waals surface area contributed by atoms with Crippen molar-refractivity contribution in [3.63, 3.8) is 0 Å². The fourth-order valence-corrected chi connectivity index (χ4v) is 5.85. The van der Waals surface area contributed by atoms with Gasteiger partial charge in [0.05, 0.1) is 18.1 Å². The van der Waals surface area contributed by atoms with Gasteiger partial charge in [-0.2, -0.15) is 4.31 Å². The van der Waals surface area contributed by atoms with Crippen LogP contribution in [0.15, 0.2) is 53.5 Å². The predicted molar refractivity (Wildman–Crippen MR) is 156 cm³/mol. The Morgan fingerprint density at radius 1 is 1.08 bits per heavy atom. The van der Waals surface area contributed by atoms with Gasteiger partial charge in [-0.3, -0.25) is 4.99 Å². The molecule has 2 aromatic carbocycles. The van der Waals surface area contributed by atoms with Gasteiger partial charge in [-0.25, -0.2) is 12.8 Å². The van der Waals surface area contributed by atoms with E-state index in [1.54, 1.807) is 19.2 Å². The highest BCUT2D eigenvalue weighted by molar-refractivity contribution is 7.88. The number of nitrogens with zero attached hydrogens (tertiary/aromatic N) is 3. The van der Waals surface area contributed by atoms with Crippen molar-refractivity contribution < 1.29 is 12.8 Å². The summed E-state index contributed by atoms with van der Waals surface area (Å²) in [5.41, 5.74) is 8.34. The van der Waals surface area contributed by atoms with Crippen molar-refractivity contribution in [2.75, 3.05) is 50.9 Å². The summed E-state index contributed by atoms with van der Waals surface area (Å²) in [4.78, 5) is 6.81. The molecule has 3 rings (SSSR count). The summed E-state index contributed by atoms with van der Waals surface area (Å²) in [6.07, 6.45) is 2.53. The zero-order chi connectivity index (χ0) is 28.1. The molecule has 0 unspecified atom stereocenters. The van der Waals surface area contributed by atoms with Crippen molar-refractivity contribution in [1.29, 1.82) is 0 Å². The molecule has 0 aromatic heterocycles. The molecule has 38 heavy (non-hydrogen) atoms. The lowest BCUT2D eigenvalue weighted by atomic mass is 9.62. The lowest BCUT2D eigenvalue weighted by Crippen LogP contribution is -2.48. The standard InChI is InChI=1S/C29H44FN5O2S/c1-28(2,21-27(32-5)33-26(14-15-31)24-12-7-8-13-25(24)30)29(3,4)22-10-9-11-23(20-22)34-16-18-35(19-17-34)38(6,36)37/h7-13,20,26H,14-19,21,31H2,1-6H3,(H,32,33)/t26-/m0/s1. The molecule has 1 fully saturated rings. The molecule has 0 spiro atoms. The Morgan fingerprint density at radius 2 is 1.74 bits per heavy atom. The highest BCUT2D eigenvalue weighted by Gasteiger charge is 2.40. The predicted octanol–water partition coefficient (Wildman–Crippen LogP) is 4.31. The number of halogens is 1. The van der Waals surface area contributed by atoms with Gasteiger partial charge in [0.1, 0.15) is 5.82 Å². The zero-order valence-corrected chi connectivity index (χ0v) is 24.5. The van der Waals surface area contributed by atoms with Gasteiger partial charge in [0.15, 0.2) is 0 Å². The first-order chi connectivity index (χ1) is 17.8. The molecular weight excluding hydrogens is 501 g/mol. The Hall–Kier alpha value is -2.49. The quantitative estimate of drug-likeness (QED) is 0.343. The van der Waals surface area contributed by atoms with Crippen LogP contribution in [0.1, 0.15) is 57.7 Å². The molecular formula is C29H44FN5O2S. The van der Waals surface area contributed by atoms with Gasteiger partial charge >= 0.3 is 0 Å². The number of sulfonamides is 1. The van der Waals surface area contributed by atoms with E-state index in [1.165, 1.54) is 22.2 Å². The molecule has 0 radical (unpaired) electrons. The molecule has 210 valence electrons. The van der Waals surface area contributed by atoms with Crippen LogP contribution in [0.4, 0.5) is 10.1 Å². The number of nitrogens with one attached hydrogen (secondary N) is 1. The lowest BCUT2D eigenvalue weighted by Gasteiger charge is -2.43. The molecule has 0 saturated carbocycles. The first-order valence-electron chi connectivity index (χ1n) is 13.3. The van der Waals surface area contributed by atoms with Crippen molar-refractivity contribution in [2.45, 2.75) is 52.0 Å². The molecule has 1 saturated heterocycles. The third kappa shape index (κ3) is 6.93. The maximum atomic E-state index is 14.6. The molecule has 7 nitrogen and oxygen atoms in total. The molecule has 9 heteroatoms. The van der Waals surface area contributed by atoms with E-state index >= 15 is 0 Å². The van der Waals surface area contributed by atoms with Gasteiger partial charge in [-0.1, -0.05) is 58.0 Å². The van der Waals surface area contributed by atoms with E-state index in [0.717, 1.165) is 11.5 Å². The molecule has 1 atom stereocenters. The summed E-state index contributed by atoms with van der Waals surface area (Å²) in [6.45, 7) is 11.7. The number of benzene rings is 2. The van der Waals surface area contributed by atoms with E-state index in [0.29, 0.717) is 51.1 Å². The van der Waals surface area contributed by atoms with Crippen LogP contribution in [0.25, 0.3) is 0 Å². The van der Waals surface area contributed by atoms with Crippen LogP contribution in [0.2, 0.25) is 0 Å². The number of anilines is 1. The SMILES string of the molecule is CN=C(CC(C)(C)C(C)(C)c1cccc(N2CCN(S(C)(=O)=O)CC2)c1)N[C@@H](CCN)c1ccccc1F. The van der Waals surface area contributed by atoms with Gasteiger partial charge in [-0.15, -0.1) is 0 Å². The average Bonchev–Trinajstić information content (AvgIpc) is 2.87. The summed E-state index contributed by atoms with van der Waals surface area (Å²) < 4.78 is 39.9. The first kappa shape index (κ1) is 30.1. The normalized spacial score (nSPS) is 16.9. The molecule has 1 heterocycles. The third-order valence-electron chi connectivity index (χ3n) is 8.29. The van der Waals surface area contributed by atoms with Crippen molar-refractivity contribution in [2.24, 2.45) is 16.1 Å². The second-order valence-corrected chi connectivity index (χ2v) is 13.3. The fraction of sp³-hybridized carbons (Fsp3) is 0.552. The lowest BCUT2D eigenvalue weighted by molar-refractivity contribution is 0.205. The van der Waals surface area contributed by atoms with Crippen LogP contribution in [0, 0.1) is 11.2 Å². The maximum Gasteiger partial charge on any atom is 0.211 e. The van der Waals surface area contributed by atoms with Crippen LogP contribution < -0.4 is 16.0 Å². The van der Waals surface area contributed by atoms with E-state index in [2.05, 4.69) is 67.2 Å². The van der Waals surface area contributed by atoms with Crippen LogP contribution in [-0.2, 0) is 15.4 Å². The molecule has 3 N–H and O–H groups in total. The third-order valence-corrected chi connectivity index (χ3v) is 9.59. The average molecular weight is 546 g/mol. The van der Waals surface area contributed by atoms with Gasteiger partial charge in [-0.05, 0) is 47.6 Å². The van der Waals surface area contributed by atoms with Gasteiger partial charge < -0.3 is 16.0 Å². The van der Waals surface area contributed by atoms with Gasteiger partial charge in [0.2, 0.25) is 10.0 Å². The minimum absolute atomic E-state index is 0.203. The second kappa shape index (κ2) is 12.1. The molecule has 2 aromatic rings. The fourth-order valence-electron chi connectivity index (χ4n) is 5.03. The summed E-state index contributed by atoms with van der Waals surface area (Å²) in [6, 6.07) is 15.1.